The van der Waals surface area contributed by atoms with Crippen LogP contribution in [0.1, 0.15) is 32.3 Å². The minimum absolute atomic E-state index is 0.243. The lowest BCUT2D eigenvalue weighted by Crippen LogP contribution is -2.17. The molecule has 0 spiro atoms. The highest BCUT2D eigenvalue weighted by atomic mass is 19.4. The summed E-state index contributed by atoms with van der Waals surface area (Å²) in [6.45, 7) is 4.12. The highest BCUT2D eigenvalue weighted by molar-refractivity contribution is 5.27. The zero-order chi connectivity index (χ0) is 14.5. The molecule has 19 heavy (non-hydrogen) atoms. The van der Waals surface area contributed by atoms with Gasteiger partial charge in [-0.05, 0) is 36.5 Å². The van der Waals surface area contributed by atoms with E-state index in [0.29, 0.717) is 18.8 Å². The third-order valence-electron chi connectivity index (χ3n) is 3.00. The Morgan fingerprint density at radius 2 is 1.79 bits per heavy atom. The molecule has 108 valence electrons. The van der Waals surface area contributed by atoms with E-state index in [0.717, 1.165) is 12.0 Å². The van der Waals surface area contributed by atoms with Gasteiger partial charge in [-0.3, -0.25) is 0 Å². The minimum Gasteiger partial charge on any atom is -0.406 e. The Kier molecular flexibility index (Phi) is 5.66. The molecule has 2 unspecified atom stereocenters. The minimum atomic E-state index is -4.67. The lowest BCUT2D eigenvalue weighted by molar-refractivity contribution is -0.274. The molecule has 5 heteroatoms. The van der Waals surface area contributed by atoms with Crippen LogP contribution in [0.3, 0.4) is 0 Å². The standard InChI is InChI=1S/C14H19F3O2/c1-3-10(2)8-12(18)9-11-4-6-13(7-5-11)19-14(15,16)17/h4-7,10,12,18H,3,8-9H2,1-2H3. The van der Waals surface area contributed by atoms with Gasteiger partial charge in [0.2, 0.25) is 0 Å². The first-order valence-corrected chi connectivity index (χ1v) is 6.33. The summed E-state index contributed by atoms with van der Waals surface area (Å²) >= 11 is 0. The van der Waals surface area contributed by atoms with Crippen LogP contribution in [-0.4, -0.2) is 17.6 Å². The van der Waals surface area contributed by atoms with Gasteiger partial charge in [-0.25, -0.2) is 0 Å². The van der Waals surface area contributed by atoms with Crippen molar-refractivity contribution in [3.05, 3.63) is 29.8 Å². The Hall–Kier alpha value is -1.23. The second-order valence-corrected chi connectivity index (χ2v) is 4.80. The van der Waals surface area contributed by atoms with E-state index in [1.807, 2.05) is 0 Å². The Bertz CT molecular complexity index is 373. The van der Waals surface area contributed by atoms with E-state index in [9.17, 15) is 18.3 Å². The zero-order valence-electron chi connectivity index (χ0n) is 11.1. The predicted octanol–water partition coefficient (Wildman–Crippen LogP) is 3.92. The van der Waals surface area contributed by atoms with Crippen LogP contribution in [0.15, 0.2) is 24.3 Å². The van der Waals surface area contributed by atoms with Gasteiger partial charge < -0.3 is 9.84 Å². The van der Waals surface area contributed by atoms with Crippen LogP contribution < -0.4 is 4.74 Å². The SMILES string of the molecule is CCC(C)CC(O)Cc1ccc(OC(F)(F)F)cc1. The molecule has 1 aromatic rings. The Morgan fingerprint density at radius 1 is 1.21 bits per heavy atom. The molecule has 2 atom stereocenters. The number of ether oxygens (including phenoxy) is 1. The van der Waals surface area contributed by atoms with E-state index >= 15 is 0 Å². The molecule has 0 aliphatic carbocycles. The quantitative estimate of drug-likeness (QED) is 0.853. The highest BCUT2D eigenvalue weighted by Crippen LogP contribution is 2.23. The van der Waals surface area contributed by atoms with Crippen LogP contribution in [0, 0.1) is 5.92 Å². The highest BCUT2D eigenvalue weighted by Gasteiger charge is 2.30. The fraction of sp³-hybridized carbons (Fsp3) is 0.571. The van der Waals surface area contributed by atoms with Crippen molar-refractivity contribution in [2.45, 2.75) is 45.6 Å². The monoisotopic (exact) mass is 276 g/mol. The molecule has 0 fully saturated rings. The van der Waals surface area contributed by atoms with Crippen LogP contribution in [0.25, 0.3) is 0 Å². The summed E-state index contributed by atoms with van der Waals surface area (Å²) in [7, 11) is 0. The largest absolute Gasteiger partial charge is 0.573 e. The Balaban J connectivity index is 2.52. The van der Waals surface area contributed by atoms with Crippen LogP contribution in [0.2, 0.25) is 0 Å². The summed E-state index contributed by atoms with van der Waals surface area (Å²) in [6, 6.07) is 5.61. The lowest BCUT2D eigenvalue weighted by atomic mass is 9.97. The van der Waals surface area contributed by atoms with Crippen LogP contribution >= 0.6 is 0 Å². The average Bonchev–Trinajstić information content (AvgIpc) is 2.29. The summed E-state index contributed by atoms with van der Waals surface area (Å²) in [4.78, 5) is 0. The van der Waals surface area contributed by atoms with Crippen molar-refractivity contribution in [1.82, 2.24) is 0 Å². The molecule has 2 nitrogen and oxygen atoms in total. The van der Waals surface area contributed by atoms with Gasteiger partial charge in [0.05, 0.1) is 6.10 Å². The smallest absolute Gasteiger partial charge is 0.406 e. The van der Waals surface area contributed by atoms with Gasteiger partial charge in [0.1, 0.15) is 5.75 Å². The van der Waals surface area contributed by atoms with Gasteiger partial charge in [-0.1, -0.05) is 32.4 Å². The number of aliphatic hydroxyl groups excluding tert-OH is 1. The van der Waals surface area contributed by atoms with E-state index in [1.165, 1.54) is 12.1 Å². The van der Waals surface area contributed by atoms with Crippen molar-refractivity contribution in [2.75, 3.05) is 0 Å². The average molecular weight is 276 g/mol. The summed E-state index contributed by atoms with van der Waals surface area (Å²) in [5.41, 5.74) is 0.797. The molecular weight excluding hydrogens is 257 g/mol. The first-order chi connectivity index (χ1) is 8.80. The number of benzene rings is 1. The van der Waals surface area contributed by atoms with E-state index in [4.69, 9.17) is 0 Å². The van der Waals surface area contributed by atoms with E-state index in [1.54, 1.807) is 12.1 Å². The first-order valence-electron chi connectivity index (χ1n) is 6.33. The molecule has 0 saturated carbocycles. The molecule has 1 aromatic carbocycles. The fourth-order valence-electron chi connectivity index (χ4n) is 1.81. The number of hydrogen-bond donors (Lipinski definition) is 1. The van der Waals surface area contributed by atoms with Gasteiger partial charge >= 0.3 is 6.36 Å². The van der Waals surface area contributed by atoms with Crippen molar-refractivity contribution in [3.8, 4) is 5.75 Å². The topological polar surface area (TPSA) is 29.5 Å². The molecule has 1 rings (SSSR count). The third kappa shape index (κ3) is 6.47. The molecule has 0 aliphatic heterocycles. The van der Waals surface area contributed by atoms with Crippen LogP contribution in [-0.2, 0) is 6.42 Å². The summed E-state index contributed by atoms with van der Waals surface area (Å²) in [6.07, 6.45) is -3.01. The van der Waals surface area contributed by atoms with Crippen molar-refractivity contribution in [3.63, 3.8) is 0 Å². The maximum absolute atomic E-state index is 12.0. The molecule has 0 radical (unpaired) electrons. The number of rotatable bonds is 6. The number of halogens is 3. The molecule has 0 saturated heterocycles. The molecular formula is C14H19F3O2. The van der Waals surface area contributed by atoms with Gasteiger partial charge in [-0.15, -0.1) is 13.2 Å². The Morgan fingerprint density at radius 3 is 2.26 bits per heavy atom. The molecule has 0 aliphatic rings. The normalized spacial score (nSPS) is 15.1. The fourth-order valence-corrected chi connectivity index (χ4v) is 1.81. The van der Waals surface area contributed by atoms with Crippen molar-refractivity contribution >= 4 is 0 Å². The number of hydrogen-bond acceptors (Lipinski definition) is 2. The van der Waals surface area contributed by atoms with Crippen LogP contribution in [0.4, 0.5) is 13.2 Å². The van der Waals surface area contributed by atoms with Gasteiger partial charge in [0.25, 0.3) is 0 Å². The summed E-state index contributed by atoms with van der Waals surface area (Å²) in [5.74, 6) is 0.190. The second-order valence-electron chi connectivity index (χ2n) is 4.80. The van der Waals surface area contributed by atoms with E-state index in [-0.39, 0.29) is 5.75 Å². The molecule has 0 amide bonds. The van der Waals surface area contributed by atoms with Gasteiger partial charge in [0.15, 0.2) is 0 Å². The second kappa shape index (κ2) is 6.80. The molecule has 0 aromatic heterocycles. The van der Waals surface area contributed by atoms with Crippen molar-refractivity contribution in [1.29, 1.82) is 0 Å². The van der Waals surface area contributed by atoms with Crippen molar-refractivity contribution < 1.29 is 23.0 Å². The summed E-state index contributed by atoms with van der Waals surface area (Å²) in [5, 5.41) is 9.85. The maximum Gasteiger partial charge on any atom is 0.573 e. The van der Waals surface area contributed by atoms with E-state index in [2.05, 4.69) is 18.6 Å². The lowest BCUT2D eigenvalue weighted by Gasteiger charge is -2.15. The van der Waals surface area contributed by atoms with E-state index < -0.39 is 12.5 Å². The maximum atomic E-state index is 12.0. The zero-order valence-corrected chi connectivity index (χ0v) is 11.1. The van der Waals surface area contributed by atoms with Gasteiger partial charge in [-0.2, -0.15) is 0 Å². The number of alkyl halides is 3. The molecule has 0 heterocycles. The summed E-state index contributed by atoms with van der Waals surface area (Å²) < 4.78 is 39.7. The predicted molar refractivity (Wildman–Crippen MR) is 66.9 cm³/mol. The first kappa shape index (κ1) is 15.8. The Labute approximate surface area is 111 Å². The number of aliphatic hydroxyl groups is 1. The van der Waals surface area contributed by atoms with Gasteiger partial charge in [0, 0.05) is 0 Å². The molecule has 0 bridgehead atoms. The van der Waals surface area contributed by atoms with Crippen LogP contribution in [0.5, 0.6) is 5.75 Å². The van der Waals surface area contributed by atoms with Crippen molar-refractivity contribution in [2.24, 2.45) is 5.92 Å². The third-order valence-corrected chi connectivity index (χ3v) is 3.00. The molecule has 1 N–H and O–H groups in total.